The number of hydrogen-bond acceptors (Lipinski definition) is 5. The molecule has 2 amide bonds. The van der Waals surface area contributed by atoms with Gasteiger partial charge < -0.3 is 14.6 Å². The van der Waals surface area contributed by atoms with Gasteiger partial charge in [-0.2, -0.15) is 0 Å². The quantitative estimate of drug-likeness (QED) is 0.477. The predicted octanol–water partition coefficient (Wildman–Crippen LogP) is 5.28. The molecule has 0 spiro atoms. The summed E-state index contributed by atoms with van der Waals surface area (Å²) in [6.07, 6.45) is 1.44. The maximum Gasteiger partial charge on any atom is 0.291 e. The van der Waals surface area contributed by atoms with Gasteiger partial charge in [-0.15, -0.1) is 11.3 Å². The number of nitrogens with one attached hydrogen (secondary N) is 1. The summed E-state index contributed by atoms with van der Waals surface area (Å²) in [7, 11) is 1.76. The summed E-state index contributed by atoms with van der Waals surface area (Å²) >= 11 is 1.59. The fourth-order valence-electron chi connectivity index (χ4n) is 3.10. The zero-order valence-corrected chi connectivity index (χ0v) is 17.7. The molecule has 0 bridgehead atoms. The van der Waals surface area contributed by atoms with Crippen molar-refractivity contribution in [3.05, 3.63) is 82.8 Å². The van der Waals surface area contributed by atoms with Crippen LogP contribution >= 0.6 is 11.3 Å². The number of para-hydroxylation sites is 1. The molecule has 2 heterocycles. The van der Waals surface area contributed by atoms with Crippen molar-refractivity contribution in [1.82, 2.24) is 9.88 Å². The molecule has 4 rings (SSSR count). The lowest BCUT2D eigenvalue weighted by molar-refractivity contribution is 0.0742. The van der Waals surface area contributed by atoms with Crippen LogP contribution < -0.4 is 5.32 Å². The number of carbonyl (C=O) groups is 2. The van der Waals surface area contributed by atoms with Crippen LogP contribution in [0.4, 0.5) is 5.69 Å². The highest BCUT2D eigenvalue weighted by Crippen LogP contribution is 2.30. The van der Waals surface area contributed by atoms with Crippen LogP contribution in [0.3, 0.4) is 0 Å². The highest BCUT2D eigenvalue weighted by atomic mass is 32.1. The molecule has 2 aromatic carbocycles. The zero-order valence-electron chi connectivity index (χ0n) is 16.9. The average Bonchev–Trinajstić information content (AvgIpc) is 3.43. The molecule has 0 radical (unpaired) electrons. The van der Waals surface area contributed by atoms with E-state index in [1.54, 1.807) is 47.5 Å². The molecule has 2 aromatic heterocycles. The Hall–Kier alpha value is -3.45. The average molecular weight is 420 g/mol. The number of fused-ring (bicyclic) bond motifs is 1. The molecule has 1 atom stereocenters. The summed E-state index contributed by atoms with van der Waals surface area (Å²) in [4.78, 5) is 31.8. The second kappa shape index (κ2) is 8.12. The van der Waals surface area contributed by atoms with Crippen molar-refractivity contribution in [2.24, 2.45) is 0 Å². The molecule has 30 heavy (non-hydrogen) atoms. The van der Waals surface area contributed by atoms with E-state index in [4.69, 9.17) is 4.42 Å². The van der Waals surface area contributed by atoms with Crippen molar-refractivity contribution in [2.75, 3.05) is 12.4 Å². The maximum absolute atomic E-state index is 13.1. The van der Waals surface area contributed by atoms with Gasteiger partial charge in [0.1, 0.15) is 5.01 Å². The molecule has 6 nitrogen and oxygen atoms in total. The van der Waals surface area contributed by atoms with Gasteiger partial charge in [0.05, 0.1) is 22.5 Å². The lowest BCUT2D eigenvalue weighted by Gasteiger charge is -2.23. The largest absolute Gasteiger partial charge is 0.459 e. The van der Waals surface area contributed by atoms with E-state index < -0.39 is 0 Å². The molecule has 1 N–H and O–H groups in total. The number of amides is 2. The summed E-state index contributed by atoms with van der Waals surface area (Å²) < 4.78 is 6.23. The molecule has 0 fully saturated rings. The Morgan fingerprint density at radius 1 is 1.13 bits per heavy atom. The molecule has 152 valence electrons. The number of carbonyl (C=O) groups excluding carboxylic acids is 2. The first-order valence-corrected chi connectivity index (χ1v) is 10.3. The standard InChI is InChI=1S/C23H21N3O3S/c1-14-10-11-16(13-18(14)24-21(27)19-8-6-12-29-19)23(28)26(3)15(2)22-25-17-7-4-5-9-20(17)30-22/h4-13,15H,1-3H3,(H,24,27)/t15-/m0/s1. The van der Waals surface area contributed by atoms with Gasteiger partial charge in [-0.25, -0.2) is 4.98 Å². The van der Waals surface area contributed by atoms with Crippen molar-refractivity contribution in [2.45, 2.75) is 19.9 Å². The van der Waals surface area contributed by atoms with Gasteiger partial charge in [0.2, 0.25) is 0 Å². The van der Waals surface area contributed by atoms with Crippen molar-refractivity contribution in [3.8, 4) is 0 Å². The summed E-state index contributed by atoms with van der Waals surface area (Å²) in [5, 5.41) is 3.69. The molecule has 0 aliphatic heterocycles. The minimum atomic E-state index is -0.358. The van der Waals surface area contributed by atoms with Gasteiger partial charge in [-0.05, 0) is 55.8 Å². The topological polar surface area (TPSA) is 75.4 Å². The third-order valence-corrected chi connectivity index (χ3v) is 6.25. The SMILES string of the molecule is Cc1ccc(C(=O)N(C)[C@@H](C)c2nc3ccccc3s2)cc1NC(=O)c1ccco1. The molecule has 4 aromatic rings. The van der Waals surface area contributed by atoms with E-state index >= 15 is 0 Å². The van der Waals surface area contributed by atoms with Crippen molar-refractivity contribution < 1.29 is 14.0 Å². The highest BCUT2D eigenvalue weighted by molar-refractivity contribution is 7.18. The second-order valence-electron chi connectivity index (χ2n) is 7.07. The molecule has 0 unspecified atom stereocenters. The molecule has 0 aliphatic carbocycles. The van der Waals surface area contributed by atoms with E-state index in [0.717, 1.165) is 20.8 Å². The molecule has 0 saturated heterocycles. The number of furan rings is 1. The van der Waals surface area contributed by atoms with Gasteiger partial charge in [-0.3, -0.25) is 9.59 Å². The predicted molar refractivity (Wildman–Crippen MR) is 118 cm³/mol. The Morgan fingerprint density at radius 3 is 2.67 bits per heavy atom. The number of aryl methyl sites for hydroxylation is 1. The van der Waals surface area contributed by atoms with E-state index in [-0.39, 0.29) is 23.6 Å². The molecule has 7 heteroatoms. The fourth-order valence-corrected chi connectivity index (χ4v) is 4.16. The second-order valence-corrected chi connectivity index (χ2v) is 8.14. The fraction of sp³-hybridized carbons (Fsp3) is 0.174. The maximum atomic E-state index is 13.1. The van der Waals surface area contributed by atoms with Crippen LogP contribution in [-0.4, -0.2) is 28.7 Å². The highest BCUT2D eigenvalue weighted by Gasteiger charge is 2.22. The molecule has 0 aliphatic rings. The Labute approximate surface area is 178 Å². The Kier molecular flexibility index (Phi) is 5.37. The summed E-state index contributed by atoms with van der Waals surface area (Å²) in [5.41, 5.74) is 2.85. The van der Waals surface area contributed by atoms with E-state index in [2.05, 4.69) is 10.3 Å². The Balaban J connectivity index is 1.55. The number of anilines is 1. The summed E-state index contributed by atoms with van der Waals surface area (Å²) in [6, 6.07) is 16.3. The van der Waals surface area contributed by atoms with Crippen LogP contribution in [0.15, 0.2) is 65.3 Å². The van der Waals surface area contributed by atoms with Crippen molar-refractivity contribution in [3.63, 3.8) is 0 Å². The third kappa shape index (κ3) is 3.84. The first-order valence-electron chi connectivity index (χ1n) is 9.52. The Morgan fingerprint density at radius 2 is 1.93 bits per heavy atom. The van der Waals surface area contributed by atoms with Crippen LogP contribution in [0.2, 0.25) is 0 Å². The van der Waals surface area contributed by atoms with Crippen LogP contribution in [0, 0.1) is 6.92 Å². The molecular formula is C23H21N3O3S. The monoisotopic (exact) mass is 419 g/mol. The number of rotatable bonds is 5. The molecule has 0 saturated carbocycles. The Bertz CT molecular complexity index is 1180. The number of thiazole rings is 1. The summed E-state index contributed by atoms with van der Waals surface area (Å²) in [5.74, 6) is -0.285. The van der Waals surface area contributed by atoms with Crippen LogP contribution in [0.1, 0.15) is 44.4 Å². The normalized spacial score (nSPS) is 12.0. The van der Waals surface area contributed by atoms with Crippen LogP contribution in [-0.2, 0) is 0 Å². The third-order valence-electron chi connectivity index (χ3n) is 5.05. The van der Waals surface area contributed by atoms with Gasteiger partial charge in [0.25, 0.3) is 11.8 Å². The van der Waals surface area contributed by atoms with E-state index in [1.807, 2.05) is 44.2 Å². The first kappa shape index (κ1) is 19.8. The van der Waals surface area contributed by atoms with Crippen molar-refractivity contribution >= 4 is 39.1 Å². The first-order chi connectivity index (χ1) is 14.4. The minimum absolute atomic E-state index is 0.143. The van der Waals surface area contributed by atoms with Crippen molar-refractivity contribution in [1.29, 1.82) is 0 Å². The number of hydrogen-bond donors (Lipinski definition) is 1. The number of aromatic nitrogens is 1. The van der Waals surface area contributed by atoms with Gasteiger partial charge in [-0.1, -0.05) is 18.2 Å². The number of nitrogens with zero attached hydrogens (tertiary/aromatic N) is 2. The van der Waals surface area contributed by atoms with Gasteiger partial charge in [0, 0.05) is 18.3 Å². The minimum Gasteiger partial charge on any atom is -0.459 e. The smallest absolute Gasteiger partial charge is 0.291 e. The van der Waals surface area contributed by atoms with E-state index in [9.17, 15) is 9.59 Å². The van der Waals surface area contributed by atoms with Crippen LogP contribution in [0.5, 0.6) is 0 Å². The number of benzene rings is 2. The lowest BCUT2D eigenvalue weighted by atomic mass is 10.1. The van der Waals surface area contributed by atoms with Crippen LogP contribution in [0.25, 0.3) is 10.2 Å². The summed E-state index contributed by atoms with van der Waals surface area (Å²) in [6.45, 7) is 3.84. The van der Waals surface area contributed by atoms with E-state index in [0.29, 0.717) is 11.3 Å². The molecular weight excluding hydrogens is 398 g/mol. The lowest BCUT2D eigenvalue weighted by Crippen LogP contribution is -2.29. The zero-order chi connectivity index (χ0) is 21.3. The van der Waals surface area contributed by atoms with Gasteiger partial charge in [0.15, 0.2) is 5.76 Å². The van der Waals surface area contributed by atoms with Gasteiger partial charge >= 0.3 is 0 Å². The van der Waals surface area contributed by atoms with E-state index in [1.165, 1.54) is 6.26 Å².